The highest BCUT2D eigenvalue weighted by Gasteiger charge is 2.36. The summed E-state index contributed by atoms with van der Waals surface area (Å²) in [5.74, 6) is 1.13. The van der Waals surface area contributed by atoms with Gasteiger partial charge in [-0.05, 0) is 34.5 Å². The zero-order valence-corrected chi connectivity index (χ0v) is 11.6. The Morgan fingerprint density at radius 1 is 1.39 bits per heavy atom. The van der Waals surface area contributed by atoms with Crippen LogP contribution >= 0.6 is 15.9 Å². The fraction of sp³-hybridized carbons (Fsp3) is 0.462. The summed E-state index contributed by atoms with van der Waals surface area (Å²) >= 11 is 3.59. The zero-order valence-electron chi connectivity index (χ0n) is 10.1. The Hall–Kier alpha value is -1.07. The van der Waals surface area contributed by atoms with Crippen LogP contribution in [0.15, 0.2) is 33.7 Å². The van der Waals surface area contributed by atoms with Gasteiger partial charge < -0.3 is 15.4 Å². The van der Waals surface area contributed by atoms with Crippen LogP contribution in [0.5, 0.6) is 0 Å². The molecule has 2 atom stereocenters. The Bertz CT molecular complexity index is 471. The van der Waals surface area contributed by atoms with Gasteiger partial charge >= 0.3 is 0 Å². The largest absolute Gasteiger partial charge is 0.381 e. The molecule has 0 amide bonds. The number of halogens is 1. The normalized spacial score (nSPS) is 27.6. The number of rotatable bonds is 2. The molecule has 2 N–H and O–H groups in total. The standard InChI is InChI=1S/C13H16BrN3O/c14-10-3-1-2-4-11(10)17-12(7-16-13(17)15)9-5-6-18-8-9/h1-4,9,12H,5-8H2,(H2,15,16). The first-order chi connectivity index (χ1) is 8.77. The van der Waals surface area contributed by atoms with Crippen molar-refractivity contribution < 1.29 is 4.74 Å². The Labute approximate surface area is 115 Å². The van der Waals surface area contributed by atoms with Gasteiger partial charge in [0, 0.05) is 17.0 Å². The van der Waals surface area contributed by atoms with Crippen molar-refractivity contribution in [2.75, 3.05) is 24.7 Å². The SMILES string of the molecule is NC1=NCC(C2CCOC2)N1c1ccccc1Br. The third-order valence-electron chi connectivity index (χ3n) is 3.64. The van der Waals surface area contributed by atoms with E-state index < -0.39 is 0 Å². The molecule has 0 radical (unpaired) electrons. The first-order valence-electron chi connectivity index (χ1n) is 6.19. The molecule has 1 aromatic rings. The van der Waals surface area contributed by atoms with E-state index in [9.17, 15) is 0 Å². The lowest BCUT2D eigenvalue weighted by atomic mass is 9.98. The van der Waals surface area contributed by atoms with Gasteiger partial charge in [0.15, 0.2) is 5.96 Å². The molecule has 0 aliphatic carbocycles. The van der Waals surface area contributed by atoms with Crippen molar-refractivity contribution in [3.05, 3.63) is 28.7 Å². The molecular weight excluding hydrogens is 294 g/mol. The molecule has 1 aromatic carbocycles. The minimum Gasteiger partial charge on any atom is -0.381 e. The highest BCUT2D eigenvalue weighted by Crippen LogP contribution is 2.33. The molecule has 1 fully saturated rings. The van der Waals surface area contributed by atoms with Crippen molar-refractivity contribution in [2.45, 2.75) is 12.5 Å². The molecule has 18 heavy (non-hydrogen) atoms. The van der Waals surface area contributed by atoms with Crippen LogP contribution < -0.4 is 10.6 Å². The number of aliphatic imine (C=N–C) groups is 1. The lowest BCUT2D eigenvalue weighted by Crippen LogP contribution is -2.45. The number of ether oxygens (including phenoxy) is 1. The number of hydrogen-bond acceptors (Lipinski definition) is 4. The van der Waals surface area contributed by atoms with Gasteiger partial charge in [0.1, 0.15) is 0 Å². The zero-order chi connectivity index (χ0) is 12.5. The van der Waals surface area contributed by atoms with E-state index in [0.29, 0.717) is 17.9 Å². The monoisotopic (exact) mass is 309 g/mol. The van der Waals surface area contributed by atoms with Gasteiger partial charge in [0.05, 0.1) is 24.9 Å². The molecule has 3 rings (SSSR count). The van der Waals surface area contributed by atoms with Gasteiger partial charge in [-0.15, -0.1) is 0 Å². The maximum atomic E-state index is 6.05. The number of nitrogens with zero attached hydrogens (tertiary/aromatic N) is 2. The van der Waals surface area contributed by atoms with E-state index in [-0.39, 0.29) is 0 Å². The second-order valence-corrected chi connectivity index (χ2v) is 5.57. The van der Waals surface area contributed by atoms with Crippen LogP contribution in [0, 0.1) is 5.92 Å². The molecule has 0 spiro atoms. The van der Waals surface area contributed by atoms with Gasteiger partial charge in [0.25, 0.3) is 0 Å². The molecule has 2 heterocycles. The van der Waals surface area contributed by atoms with Crippen molar-refractivity contribution in [2.24, 2.45) is 16.6 Å². The van der Waals surface area contributed by atoms with Crippen LogP contribution in [0.25, 0.3) is 0 Å². The van der Waals surface area contributed by atoms with Crippen LogP contribution in [0.3, 0.4) is 0 Å². The van der Waals surface area contributed by atoms with E-state index in [0.717, 1.165) is 36.3 Å². The molecule has 5 heteroatoms. The molecule has 96 valence electrons. The van der Waals surface area contributed by atoms with Crippen LogP contribution in [0.4, 0.5) is 5.69 Å². The topological polar surface area (TPSA) is 50.9 Å². The highest BCUT2D eigenvalue weighted by molar-refractivity contribution is 9.10. The van der Waals surface area contributed by atoms with Crippen LogP contribution in [-0.2, 0) is 4.74 Å². The van der Waals surface area contributed by atoms with E-state index >= 15 is 0 Å². The maximum absolute atomic E-state index is 6.05. The predicted octanol–water partition coefficient (Wildman–Crippen LogP) is 1.99. The van der Waals surface area contributed by atoms with E-state index in [2.05, 4.69) is 31.9 Å². The predicted molar refractivity (Wildman–Crippen MR) is 75.8 cm³/mol. The fourth-order valence-electron chi connectivity index (χ4n) is 2.68. The van der Waals surface area contributed by atoms with Crippen LogP contribution in [0.2, 0.25) is 0 Å². The number of para-hydroxylation sites is 1. The Kier molecular flexibility index (Phi) is 3.26. The average Bonchev–Trinajstić information content (AvgIpc) is 2.99. The van der Waals surface area contributed by atoms with E-state index in [1.165, 1.54) is 0 Å². The first-order valence-corrected chi connectivity index (χ1v) is 6.98. The first kappa shape index (κ1) is 12.0. The number of guanidine groups is 1. The summed E-state index contributed by atoms with van der Waals surface area (Å²) in [6.07, 6.45) is 1.09. The maximum Gasteiger partial charge on any atom is 0.196 e. The second kappa shape index (κ2) is 4.90. The lowest BCUT2D eigenvalue weighted by Gasteiger charge is -2.30. The Morgan fingerprint density at radius 3 is 2.94 bits per heavy atom. The van der Waals surface area contributed by atoms with Crippen molar-refractivity contribution in [3.63, 3.8) is 0 Å². The van der Waals surface area contributed by atoms with Crippen molar-refractivity contribution in [3.8, 4) is 0 Å². The van der Waals surface area contributed by atoms with Gasteiger partial charge in [-0.2, -0.15) is 0 Å². The summed E-state index contributed by atoms with van der Waals surface area (Å²) < 4.78 is 6.54. The number of nitrogens with two attached hydrogens (primary N) is 1. The summed E-state index contributed by atoms with van der Waals surface area (Å²) in [7, 11) is 0. The van der Waals surface area contributed by atoms with Crippen molar-refractivity contribution >= 4 is 27.6 Å². The van der Waals surface area contributed by atoms with E-state index in [4.69, 9.17) is 10.5 Å². The van der Waals surface area contributed by atoms with Gasteiger partial charge in [0.2, 0.25) is 0 Å². The third kappa shape index (κ3) is 2.01. The molecule has 2 aliphatic heterocycles. The summed E-state index contributed by atoms with van der Waals surface area (Å²) in [4.78, 5) is 6.55. The van der Waals surface area contributed by atoms with Crippen LogP contribution in [0.1, 0.15) is 6.42 Å². The highest BCUT2D eigenvalue weighted by atomic mass is 79.9. The van der Waals surface area contributed by atoms with Gasteiger partial charge in [-0.3, -0.25) is 4.99 Å². The summed E-state index contributed by atoms with van der Waals surface area (Å²) in [5.41, 5.74) is 7.14. The van der Waals surface area contributed by atoms with Crippen LogP contribution in [-0.4, -0.2) is 31.8 Å². The number of benzene rings is 1. The molecule has 0 saturated carbocycles. The van der Waals surface area contributed by atoms with E-state index in [1.807, 2.05) is 18.2 Å². The molecule has 0 bridgehead atoms. The average molecular weight is 310 g/mol. The second-order valence-electron chi connectivity index (χ2n) is 4.71. The fourth-order valence-corrected chi connectivity index (χ4v) is 3.16. The van der Waals surface area contributed by atoms with Crippen molar-refractivity contribution in [1.82, 2.24) is 0 Å². The quantitative estimate of drug-likeness (QED) is 0.909. The summed E-state index contributed by atoms with van der Waals surface area (Å²) in [5, 5.41) is 0. The van der Waals surface area contributed by atoms with Gasteiger partial charge in [-0.25, -0.2) is 0 Å². The Balaban J connectivity index is 1.92. The molecule has 1 saturated heterocycles. The van der Waals surface area contributed by atoms with E-state index in [1.54, 1.807) is 0 Å². The molecular formula is C13H16BrN3O. The summed E-state index contributed by atoms with van der Waals surface area (Å²) in [6.45, 7) is 2.43. The lowest BCUT2D eigenvalue weighted by molar-refractivity contribution is 0.182. The Morgan fingerprint density at radius 2 is 2.22 bits per heavy atom. The molecule has 2 unspecified atom stereocenters. The molecule has 2 aliphatic rings. The molecule has 4 nitrogen and oxygen atoms in total. The van der Waals surface area contributed by atoms with Gasteiger partial charge in [-0.1, -0.05) is 12.1 Å². The van der Waals surface area contributed by atoms with Crippen molar-refractivity contribution in [1.29, 1.82) is 0 Å². The molecule has 0 aromatic heterocycles. The minimum atomic E-state index is 0.325. The summed E-state index contributed by atoms with van der Waals surface area (Å²) in [6, 6.07) is 8.45. The number of anilines is 1. The smallest absolute Gasteiger partial charge is 0.196 e. The minimum absolute atomic E-state index is 0.325. The number of hydrogen-bond donors (Lipinski definition) is 1. The third-order valence-corrected chi connectivity index (χ3v) is 4.31.